The quantitative estimate of drug-likeness (QED) is 0.266. The second-order valence-corrected chi connectivity index (χ2v) is 6.81. The summed E-state index contributed by atoms with van der Waals surface area (Å²) in [4.78, 5) is 47.9. The number of methoxy groups -OCH3 is 2. The Morgan fingerprint density at radius 2 is 1.03 bits per heavy atom. The SMILES string of the molecule is CCOC(=O)Oc1ccc(C(=O)NCCNC(=O)c2ccc(OC(=O)OCC)c(OC)c2)cc1OC. The Balaban J connectivity index is 1.89. The summed E-state index contributed by atoms with van der Waals surface area (Å²) in [7, 11) is 2.74. The summed E-state index contributed by atoms with van der Waals surface area (Å²) in [6.45, 7) is 3.86. The maximum Gasteiger partial charge on any atom is 0.513 e. The van der Waals surface area contributed by atoms with E-state index in [1.807, 2.05) is 0 Å². The molecule has 0 bridgehead atoms. The molecule has 0 aliphatic rings. The van der Waals surface area contributed by atoms with Crippen molar-refractivity contribution in [3.63, 3.8) is 0 Å². The molecular formula is C24H28N2O10. The van der Waals surface area contributed by atoms with Crippen molar-refractivity contribution in [1.29, 1.82) is 0 Å². The van der Waals surface area contributed by atoms with Crippen molar-refractivity contribution >= 4 is 24.1 Å². The zero-order valence-corrected chi connectivity index (χ0v) is 20.4. The van der Waals surface area contributed by atoms with Crippen LogP contribution >= 0.6 is 0 Å². The van der Waals surface area contributed by atoms with E-state index in [-0.39, 0.29) is 60.4 Å². The van der Waals surface area contributed by atoms with Gasteiger partial charge in [0.1, 0.15) is 0 Å². The predicted octanol–water partition coefficient (Wildman–Crippen LogP) is 2.93. The van der Waals surface area contributed by atoms with Crippen molar-refractivity contribution in [3.8, 4) is 23.0 Å². The number of carbonyl (C=O) groups excluding carboxylic acids is 4. The maximum absolute atomic E-state index is 12.4. The standard InChI is InChI=1S/C24H28N2O10/c1-5-33-23(29)35-17-9-7-15(13-19(17)31-3)21(27)25-11-12-26-22(28)16-8-10-18(20(14-16)32-4)36-24(30)34-6-2/h7-10,13-14H,5-6,11-12H2,1-4H3,(H,25,27)(H,26,28). The molecule has 0 aliphatic carbocycles. The first-order chi connectivity index (χ1) is 17.3. The molecule has 0 radical (unpaired) electrons. The normalized spacial score (nSPS) is 10.0. The van der Waals surface area contributed by atoms with Gasteiger partial charge in [0.15, 0.2) is 23.0 Å². The van der Waals surface area contributed by atoms with Crippen LogP contribution in [-0.2, 0) is 9.47 Å². The van der Waals surface area contributed by atoms with Crippen molar-refractivity contribution in [3.05, 3.63) is 47.5 Å². The maximum atomic E-state index is 12.4. The molecule has 2 aromatic carbocycles. The Hall–Kier alpha value is -4.48. The third kappa shape index (κ3) is 8.08. The van der Waals surface area contributed by atoms with Crippen LogP contribution in [0.4, 0.5) is 9.59 Å². The second-order valence-electron chi connectivity index (χ2n) is 6.81. The Kier molecular flexibility index (Phi) is 10.8. The average molecular weight is 504 g/mol. The van der Waals surface area contributed by atoms with Crippen LogP contribution in [0, 0.1) is 0 Å². The second kappa shape index (κ2) is 14.0. The molecule has 194 valence electrons. The summed E-state index contributed by atoms with van der Waals surface area (Å²) >= 11 is 0. The first-order valence-corrected chi connectivity index (χ1v) is 10.9. The molecule has 12 nitrogen and oxygen atoms in total. The first-order valence-electron chi connectivity index (χ1n) is 10.9. The summed E-state index contributed by atoms with van der Waals surface area (Å²) < 4.78 is 29.8. The fourth-order valence-electron chi connectivity index (χ4n) is 2.82. The van der Waals surface area contributed by atoms with Crippen LogP contribution in [0.3, 0.4) is 0 Å². The van der Waals surface area contributed by atoms with E-state index in [0.29, 0.717) is 0 Å². The van der Waals surface area contributed by atoms with Gasteiger partial charge in [-0.2, -0.15) is 0 Å². The highest BCUT2D eigenvalue weighted by Gasteiger charge is 2.16. The van der Waals surface area contributed by atoms with Crippen molar-refractivity contribution in [2.45, 2.75) is 13.8 Å². The zero-order valence-electron chi connectivity index (χ0n) is 20.4. The van der Waals surface area contributed by atoms with Gasteiger partial charge in [-0.25, -0.2) is 9.59 Å². The summed E-state index contributed by atoms with van der Waals surface area (Å²) in [5, 5.41) is 5.33. The van der Waals surface area contributed by atoms with E-state index in [9.17, 15) is 19.2 Å². The molecule has 0 fully saturated rings. The Morgan fingerprint density at radius 1 is 0.639 bits per heavy atom. The van der Waals surface area contributed by atoms with Gasteiger partial charge < -0.3 is 39.1 Å². The number of nitrogens with one attached hydrogen (secondary N) is 2. The highest BCUT2D eigenvalue weighted by molar-refractivity contribution is 5.96. The molecule has 2 rings (SSSR count). The number of carbonyl (C=O) groups is 4. The van der Waals surface area contributed by atoms with Gasteiger partial charge >= 0.3 is 12.3 Å². The number of rotatable bonds is 11. The zero-order chi connectivity index (χ0) is 26.5. The molecule has 0 spiro atoms. The molecule has 0 atom stereocenters. The van der Waals surface area contributed by atoms with Gasteiger partial charge in [0.05, 0.1) is 27.4 Å². The lowest BCUT2D eigenvalue weighted by Gasteiger charge is -2.12. The van der Waals surface area contributed by atoms with Crippen molar-refractivity contribution in [2.75, 3.05) is 40.5 Å². The third-order valence-electron chi connectivity index (χ3n) is 4.46. The minimum atomic E-state index is -0.887. The van der Waals surface area contributed by atoms with Gasteiger partial charge in [-0.1, -0.05) is 0 Å². The highest BCUT2D eigenvalue weighted by atomic mass is 16.7. The van der Waals surface area contributed by atoms with E-state index in [4.69, 9.17) is 28.4 Å². The van der Waals surface area contributed by atoms with Crippen LogP contribution in [0.15, 0.2) is 36.4 Å². The van der Waals surface area contributed by atoms with Crippen molar-refractivity contribution < 1.29 is 47.6 Å². The Bertz CT molecular complexity index is 1000. The van der Waals surface area contributed by atoms with Crippen LogP contribution in [0.5, 0.6) is 23.0 Å². The first kappa shape index (κ1) is 27.8. The van der Waals surface area contributed by atoms with E-state index in [1.165, 1.54) is 50.6 Å². The minimum Gasteiger partial charge on any atom is -0.493 e. The third-order valence-corrected chi connectivity index (χ3v) is 4.46. The molecule has 0 saturated heterocycles. The topological polar surface area (TPSA) is 148 Å². The number of ether oxygens (including phenoxy) is 6. The lowest BCUT2D eigenvalue weighted by Crippen LogP contribution is -2.34. The van der Waals surface area contributed by atoms with Gasteiger partial charge in [0, 0.05) is 24.2 Å². The van der Waals surface area contributed by atoms with E-state index in [1.54, 1.807) is 13.8 Å². The molecule has 2 aromatic rings. The molecular weight excluding hydrogens is 476 g/mol. The summed E-state index contributed by atoms with van der Waals surface area (Å²) in [6, 6.07) is 8.56. The van der Waals surface area contributed by atoms with Crippen LogP contribution in [-0.4, -0.2) is 64.6 Å². The summed E-state index contributed by atoms with van der Waals surface area (Å²) in [5.41, 5.74) is 0.521. The largest absolute Gasteiger partial charge is 0.513 e. The van der Waals surface area contributed by atoms with Crippen molar-refractivity contribution in [1.82, 2.24) is 10.6 Å². The smallest absolute Gasteiger partial charge is 0.493 e. The lowest BCUT2D eigenvalue weighted by atomic mass is 10.2. The molecule has 0 heterocycles. The predicted molar refractivity (Wildman–Crippen MR) is 126 cm³/mol. The van der Waals surface area contributed by atoms with Crippen LogP contribution < -0.4 is 29.6 Å². The molecule has 0 aromatic heterocycles. The molecule has 0 saturated carbocycles. The van der Waals surface area contributed by atoms with Gasteiger partial charge in [-0.15, -0.1) is 0 Å². The average Bonchev–Trinajstić information content (AvgIpc) is 2.87. The van der Waals surface area contributed by atoms with Crippen molar-refractivity contribution in [2.24, 2.45) is 0 Å². The molecule has 0 aliphatic heterocycles. The summed E-state index contributed by atoms with van der Waals surface area (Å²) in [5.74, 6) is -0.288. The van der Waals surface area contributed by atoms with Gasteiger partial charge in [0.2, 0.25) is 0 Å². The molecule has 2 amide bonds. The molecule has 36 heavy (non-hydrogen) atoms. The van der Waals surface area contributed by atoms with E-state index in [0.717, 1.165) is 0 Å². The number of hydrogen-bond acceptors (Lipinski definition) is 10. The number of benzene rings is 2. The van der Waals surface area contributed by atoms with E-state index < -0.39 is 24.1 Å². The van der Waals surface area contributed by atoms with Crippen LogP contribution in [0.25, 0.3) is 0 Å². The minimum absolute atomic E-state index is 0.105. The molecule has 12 heteroatoms. The Morgan fingerprint density at radius 3 is 1.36 bits per heavy atom. The monoisotopic (exact) mass is 504 g/mol. The highest BCUT2D eigenvalue weighted by Crippen LogP contribution is 2.29. The van der Waals surface area contributed by atoms with Gasteiger partial charge in [0.25, 0.3) is 11.8 Å². The fraction of sp³-hybridized carbons (Fsp3) is 0.333. The molecule has 0 unspecified atom stereocenters. The van der Waals surface area contributed by atoms with Crippen LogP contribution in [0.2, 0.25) is 0 Å². The summed E-state index contributed by atoms with van der Waals surface area (Å²) in [6.07, 6.45) is -1.77. The van der Waals surface area contributed by atoms with Gasteiger partial charge in [-0.05, 0) is 50.2 Å². The molecule has 2 N–H and O–H groups in total. The number of amides is 2. The van der Waals surface area contributed by atoms with Gasteiger partial charge in [-0.3, -0.25) is 9.59 Å². The van der Waals surface area contributed by atoms with Crippen LogP contribution in [0.1, 0.15) is 34.6 Å². The Labute approximate surface area is 207 Å². The number of hydrogen-bond donors (Lipinski definition) is 2. The van der Waals surface area contributed by atoms with E-state index >= 15 is 0 Å². The lowest BCUT2D eigenvalue weighted by molar-refractivity contribution is 0.0926. The van der Waals surface area contributed by atoms with E-state index in [2.05, 4.69) is 10.6 Å². The fourth-order valence-corrected chi connectivity index (χ4v) is 2.82.